The van der Waals surface area contributed by atoms with Crippen LogP contribution in [0.2, 0.25) is 0 Å². The summed E-state index contributed by atoms with van der Waals surface area (Å²) in [6, 6.07) is 16.4. The summed E-state index contributed by atoms with van der Waals surface area (Å²) in [5, 5.41) is 4.36. The van der Waals surface area contributed by atoms with Crippen LogP contribution in [0.3, 0.4) is 0 Å². The first-order valence-electron chi connectivity index (χ1n) is 6.99. The zero-order valence-electron chi connectivity index (χ0n) is 12.1. The van der Waals surface area contributed by atoms with Crippen LogP contribution in [-0.2, 0) is 4.79 Å². The third-order valence-corrected chi connectivity index (χ3v) is 3.31. The van der Waals surface area contributed by atoms with Gasteiger partial charge >= 0.3 is 0 Å². The van der Waals surface area contributed by atoms with Crippen molar-refractivity contribution in [3.05, 3.63) is 72.3 Å². The average molecular weight is 313 g/mol. The van der Waals surface area contributed by atoms with Gasteiger partial charge in [-0.05, 0) is 23.6 Å². The van der Waals surface area contributed by atoms with Crippen LogP contribution in [0.15, 0.2) is 60.7 Å². The number of anilines is 1. The molecular weight excluding hydrogens is 300 g/mol. The molecule has 0 aliphatic carbocycles. The highest BCUT2D eigenvalue weighted by Gasteiger charge is 2.08. The second-order valence-corrected chi connectivity index (χ2v) is 4.94. The Kier molecular flexibility index (Phi) is 4.19. The van der Waals surface area contributed by atoms with Crippen LogP contribution in [0.4, 0.5) is 14.5 Å². The van der Waals surface area contributed by atoms with E-state index in [1.54, 1.807) is 6.07 Å². The Morgan fingerprint density at radius 3 is 2.57 bits per heavy atom. The quantitative estimate of drug-likeness (QED) is 0.786. The molecule has 116 valence electrons. The van der Waals surface area contributed by atoms with Gasteiger partial charge in [0.15, 0.2) is 18.2 Å². The molecule has 0 radical (unpaired) electrons. The number of rotatable bonds is 4. The minimum Gasteiger partial charge on any atom is -0.483 e. The maximum Gasteiger partial charge on any atom is 0.262 e. The van der Waals surface area contributed by atoms with Crippen molar-refractivity contribution in [3.8, 4) is 5.75 Å². The van der Waals surface area contributed by atoms with Crippen LogP contribution in [-0.4, -0.2) is 12.5 Å². The first kappa shape index (κ1) is 15.0. The van der Waals surface area contributed by atoms with E-state index in [-0.39, 0.29) is 12.3 Å². The molecule has 0 spiro atoms. The fourth-order valence-corrected chi connectivity index (χ4v) is 2.24. The SMILES string of the molecule is O=C(COc1cccc2ccccc12)Nc1ccc(F)c(F)c1. The zero-order chi connectivity index (χ0) is 16.2. The van der Waals surface area contributed by atoms with E-state index in [0.717, 1.165) is 22.9 Å². The summed E-state index contributed by atoms with van der Waals surface area (Å²) in [5.41, 5.74) is 0.176. The Bertz CT molecular complexity index is 859. The number of hydrogen-bond acceptors (Lipinski definition) is 2. The van der Waals surface area contributed by atoms with Gasteiger partial charge < -0.3 is 10.1 Å². The van der Waals surface area contributed by atoms with E-state index in [9.17, 15) is 13.6 Å². The maximum atomic E-state index is 13.1. The lowest BCUT2D eigenvalue weighted by molar-refractivity contribution is -0.118. The number of fused-ring (bicyclic) bond motifs is 1. The topological polar surface area (TPSA) is 38.3 Å². The van der Waals surface area contributed by atoms with Gasteiger partial charge in [0.25, 0.3) is 5.91 Å². The summed E-state index contributed by atoms with van der Waals surface area (Å²) in [7, 11) is 0. The van der Waals surface area contributed by atoms with Crippen molar-refractivity contribution in [2.45, 2.75) is 0 Å². The van der Waals surface area contributed by atoms with Gasteiger partial charge in [0.2, 0.25) is 0 Å². The average Bonchev–Trinajstić information content (AvgIpc) is 2.56. The molecule has 0 bridgehead atoms. The predicted octanol–water partition coefficient (Wildman–Crippen LogP) is 4.14. The molecule has 0 saturated carbocycles. The van der Waals surface area contributed by atoms with Crippen LogP contribution in [0.5, 0.6) is 5.75 Å². The molecule has 5 heteroatoms. The number of amides is 1. The summed E-state index contributed by atoms with van der Waals surface area (Å²) in [6.45, 7) is -0.229. The Morgan fingerprint density at radius 2 is 1.74 bits per heavy atom. The van der Waals surface area contributed by atoms with E-state index < -0.39 is 17.5 Å². The highest BCUT2D eigenvalue weighted by atomic mass is 19.2. The van der Waals surface area contributed by atoms with Crippen molar-refractivity contribution in [1.29, 1.82) is 0 Å². The molecule has 0 aliphatic heterocycles. The van der Waals surface area contributed by atoms with Crippen molar-refractivity contribution < 1.29 is 18.3 Å². The number of halogens is 2. The predicted molar refractivity (Wildman–Crippen MR) is 84.4 cm³/mol. The minimum atomic E-state index is -1.02. The fourth-order valence-electron chi connectivity index (χ4n) is 2.24. The summed E-state index contributed by atoms with van der Waals surface area (Å²) < 4.78 is 31.5. The van der Waals surface area contributed by atoms with Gasteiger partial charge in [-0.15, -0.1) is 0 Å². The fraction of sp³-hybridized carbons (Fsp3) is 0.0556. The van der Waals surface area contributed by atoms with Crippen LogP contribution in [0, 0.1) is 11.6 Å². The summed E-state index contributed by atoms with van der Waals surface area (Å²) in [5.74, 6) is -1.85. The standard InChI is InChI=1S/C18H13F2NO2/c19-15-9-8-13(10-16(15)20)21-18(22)11-23-17-7-3-5-12-4-1-2-6-14(12)17/h1-10H,11H2,(H,21,22). The van der Waals surface area contributed by atoms with Gasteiger partial charge in [0, 0.05) is 17.1 Å². The largest absolute Gasteiger partial charge is 0.483 e. The van der Waals surface area contributed by atoms with Crippen molar-refractivity contribution in [3.63, 3.8) is 0 Å². The van der Waals surface area contributed by atoms with Gasteiger partial charge in [-0.3, -0.25) is 4.79 Å². The number of benzene rings is 3. The van der Waals surface area contributed by atoms with Crippen molar-refractivity contribution in [1.82, 2.24) is 0 Å². The van der Waals surface area contributed by atoms with Gasteiger partial charge in [-0.2, -0.15) is 0 Å². The molecule has 0 fully saturated rings. The lowest BCUT2D eigenvalue weighted by atomic mass is 10.1. The molecule has 0 unspecified atom stereocenters. The molecule has 0 heterocycles. The molecule has 3 aromatic carbocycles. The summed E-state index contributed by atoms with van der Waals surface area (Å²) in [6.07, 6.45) is 0. The molecule has 0 aliphatic rings. The van der Waals surface area contributed by atoms with E-state index in [4.69, 9.17) is 4.74 Å². The third-order valence-electron chi connectivity index (χ3n) is 3.31. The Hall–Kier alpha value is -2.95. The number of carbonyl (C=O) groups excluding carboxylic acids is 1. The van der Waals surface area contributed by atoms with E-state index in [1.807, 2.05) is 36.4 Å². The normalized spacial score (nSPS) is 10.5. The smallest absolute Gasteiger partial charge is 0.262 e. The highest BCUT2D eigenvalue weighted by Crippen LogP contribution is 2.25. The van der Waals surface area contributed by atoms with Crippen LogP contribution < -0.4 is 10.1 Å². The van der Waals surface area contributed by atoms with Gasteiger partial charge in [0.1, 0.15) is 5.75 Å². The first-order valence-corrected chi connectivity index (χ1v) is 6.99. The van der Waals surface area contributed by atoms with Crippen molar-refractivity contribution in [2.75, 3.05) is 11.9 Å². The van der Waals surface area contributed by atoms with E-state index in [1.165, 1.54) is 6.07 Å². The Morgan fingerprint density at radius 1 is 0.957 bits per heavy atom. The van der Waals surface area contributed by atoms with Gasteiger partial charge in [-0.1, -0.05) is 36.4 Å². The van der Waals surface area contributed by atoms with E-state index in [2.05, 4.69) is 5.32 Å². The molecular formula is C18H13F2NO2. The summed E-state index contributed by atoms with van der Waals surface area (Å²) in [4.78, 5) is 11.9. The lowest BCUT2D eigenvalue weighted by Gasteiger charge is -2.10. The molecule has 1 amide bonds. The number of nitrogens with one attached hydrogen (secondary N) is 1. The van der Waals surface area contributed by atoms with E-state index in [0.29, 0.717) is 5.75 Å². The molecule has 23 heavy (non-hydrogen) atoms. The number of hydrogen-bond donors (Lipinski definition) is 1. The zero-order valence-corrected chi connectivity index (χ0v) is 12.1. The van der Waals surface area contributed by atoms with Crippen molar-refractivity contribution in [2.24, 2.45) is 0 Å². The second kappa shape index (κ2) is 6.44. The van der Waals surface area contributed by atoms with Gasteiger partial charge in [-0.25, -0.2) is 8.78 Å². The molecule has 3 aromatic rings. The van der Waals surface area contributed by atoms with Crippen LogP contribution in [0.25, 0.3) is 10.8 Å². The summed E-state index contributed by atoms with van der Waals surface area (Å²) >= 11 is 0. The molecule has 3 rings (SSSR count). The Labute approximate surface area is 131 Å². The van der Waals surface area contributed by atoms with Crippen molar-refractivity contribution >= 4 is 22.4 Å². The molecule has 1 N–H and O–H groups in total. The maximum absolute atomic E-state index is 13.1. The number of ether oxygens (including phenoxy) is 1. The molecule has 0 atom stereocenters. The molecule has 3 nitrogen and oxygen atoms in total. The number of carbonyl (C=O) groups is 1. The lowest BCUT2D eigenvalue weighted by Crippen LogP contribution is -2.20. The first-order chi connectivity index (χ1) is 11.1. The highest BCUT2D eigenvalue weighted by molar-refractivity contribution is 5.93. The Balaban J connectivity index is 1.67. The minimum absolute atomic E-state index is 0.176. The van der Waals surface area contributed by atoms with E-state index >= 15 is 0 Å². The monoisotopic (exact) mass is 313 g/mol. The second-order valence-electron chi connectivity index (χ2n) is 4.94. The third kappa shape index (κ3) is 3.45. The molecule has 0 aromatic heterocycles. The molecule has 0 saturated heterocycles. The van der Waals surface area contributed by atoms with Crippen LogP contribution in [0.1, 0.15) is 0 Å². The van der Waals surface area contributed by atoms with Crippen LogP contribution >= 0.6 is 0 Å². The van der Waals surface area contributed by atoms with Gasteiger partial charge in [0.05, 0.1) is 0 Å².